The van der Waals surface area contributed by atoms with Crippen molar-refractivity contribution in [2.24, 2.45) is 5.41 Å². The quantitative estimate of drug-likeness (QED) is 0.0670. The average Bonchev–Trinajstić information content (AvgIpc) is 4.19. The number of methoxy groups -OCH3 is 2. The molecule has 0 spiro atoms. The zero-order valence-corrected chi connectivity index (χ0v) is 43.9. The Labute approximate surface area is 421 Å². The largest absolute Gasteiger partial charge is 0.494 e. The Morgan fingerprint density at radius 1 is 0.972 bits per heavy atom. The SMILES string of the molecule is CCn1c(-c2cc(N3CCN(C4CC4)CC3)cnc2[C@H](C)OC)c(CC(C)(C)CO)c2cc(OCC[C@@H](N[S@](=O)C(C)(C)C)[C@H](NC(=O)OCc3ccccc3)C(=O)N3CCC[C@@H](C(=O)OC)N3)ccc21. The van der Waals surface area contributed by atoms with Crippen LogP contribution in [-0.2, 0) is 54.4 Å². The Balaban J connectivity index is 1.22. The predicted octanol–water partition coefficient (Wildman–Crippen LogP) is 6.43. The maximum atomic E-state index is 14.6. The molecule has 17 nitrogen and oxygen atoms in total. The molecule has 71 heavy (non-hydrogen) atoms. The number of amides is 2. The smallest absolute Gasteiger partial charge is 0.408 e. The molecule has 0 radical (unpaired) electrons. The summed E-state index contributed by atoms with van der Waals surface area (Å²) >= 11 is 0. The van der Waals surface area contributed by atoms with Gasteiger partial charge in [-0.05, 0) is 108 Å². The summed E-state index contributed by atoms with van der Waals surface area (Å²) in [6.45, 7) is 18.5. The van der Waals surface area contributed by atoms with Crippen LogP contribution in [0.1, 0.15) is 103 Å². The molecule has 18 heteroatoms. The van der Waals surface area contributed by atoms with Crippen molar-refractivity contribution in [3.63, 3.8) is 0 Å². The van der Waals surface area contributed by atoms with Gasteiger partial charge in [-0.3, -0.25) is 24.5 Å². The summed E-state index contributed by atoms with van der Waals surface area (Å²) < 4.78 is 41.8. The summed E-state index contributed by atoms with van der Waals surface area (Å²) in [5.41, 5.74) is 9.23. The fraction of sp³-hybridized carbons (Fsp3) is 0.585. The number of carbonyl (C=O) groups excluding carboxylic acids is 3. The lowest BCUT2D eigenvalue weighted by Gasteiger charge is -2.37. The molecular formula is C53H76N8O9S. The van der Waals surface area contributed by atoms with Gasteiger partial charge in [-0.15, -0.1) is 0 Å². The first-order valence-electron chi connectivity index (χ1n) is 25.2. The van der Waals surface area contributed by atoms with Gasteiger partial charge in [-0.1, -0.05) is 44.2 Å². The van der Waals surface area contributed by atoms with Crippen molar-refractivity contribution in [1.29, 1.82) is 0 Å². The predicted molar refractivity (Wildman–Crippen MR) is 276 cm³/mol. The number of hydrogen-bond donors (Lipinski definition) is 4. The number of ether oxygens (including phenoxy) is 4. The third-order valence-electron chi connectivity index (χ3n) is 13.8. The summed E-state index contributed by atoms with van der Waals surface area (Å²) in [7, 11) is 1.30. The van der Waals surface area contributed by atoms with E-state index in [-0.39, 0.29) is 38.9 Å². The first-order valence-corrected chi connectivity index (χ1v) is 26.3. The fourth-order valence-corrected chi connectivity index (χ4v) is 10.3. The van der Waals surface area contributed by atoms with Crippen LogP contribution in [0.25, 0.3) is 22.2 Å². The van der Waals surface area contributed by atoms with E-state index in [1.807, 2.05) is 76.4 Å². The Bertz CT molecular complexity index is 2480. The number of carbonyl (C=O) groups is 3. The van der Waals surface area contributed by atoms with Gasteiger partial charge in [0, 0.05) is 81.9 Å². The highest BCUT2D eigenvalue weighted by molar-refractivity contribution is 7.84. The molecule has 5 atom stereocenters. The number of anilines is 1. The van der Waals surface area contributed by atoms with Crippen LogP contribution in [0.5, 0.6) is 5.75 Å². The molecule has 0 unspecified atom stereocenters. The number of esters is 1. The molecule has 1 aliphatic carbocycles. The van der Waals surface area contributed by atoms with Crippen molar-refractivity contribution in [3.8, 4) is 17.0 Å². The van der Waals surface area contributed by atoms with Gasteiger partial charge in [0.1, 0.15) is 24.4 Å². The highest BCUT2D eigenvalue weighted by Gasteiger charge is 2.39. The van der Waals surface area contributed by atoms with Crippen LogP contribution in [-0.4, -0.2) is 136 Å². The third-order valence-corrected chi connectivity index (χ3v) is 15.4. The van der Waals surface area contributed by atoms with E-state index >= 15 is 0 Å². The summed E-state index contributed by atoms with van der Waals surface area (Å²) in [5, 5.41) is 15.8. The normalized spacial score (nSPS) is 18.7. The third kappa shape index (κ3) is 13.3. The maximum Gasteiger partial charge on any atom is 0.408 e. The number of aryl methyl sites for hydroxylation is 1. The first kappa shape index (κ1) is 53.7. The maximum absolute atomic E-state index is 14.6. The molecule has 2 aromatic carbocycles. The van der Waals surface area contributed by atoms with E-state index in [2.05, 4.69) is 62.7 Å². The van der Waals surface area contributed by atoms with Crippen LogP contribution in [0.3, 0.4) is 0 Å². The second-order valence-electron chi connectivity index (χ2n) is 20.8. The minimum absolute atomic E-state index is 0.0271. The van der Waals surface area contributed by atoms with Gasteiger partial charge < -0.3 is 38.8 Å². The standard InChI is InChI=1S/C53H76N8O9S/c1-10-60-45-21-20-39(30-40(45)42(31-53(6,7)34-62)48(60)41-29-38(32-54-46(41)35(2)67-8)59-26-24-58(25-27-59)37-18-19-37)69-28-22-43(57-71(66)52(3,4)5)47(55-51(65)70-33-36-15-12-11-13-16-36)49(63)61-23-14-17-44(56-61)50(64)68-9/h11-13,15-16,20-21,29-30,32,35,37,43-44,47,56-57,62H,10,14,17-19,22-28,31,33-34H2,1-9H3,(H,55,65)/t35-,43+,44-,47-,71+/m0/s1. The number of pyridine rings is 1. The number of nitrogens with zero attached hydrogens (tertiary/aromatic N) is 5. The van der Waals surface area contributed by atoms with Crippen molar-refractivity contribution < 1.29 is 42.6 Å². The van der Waals surface area contributed by atoms with E-state index in [9.17, 15) is 23.7 Å². The van der Waals surface area contributed by atoms with Gasteiger partial charge >= 0.3 is 12.1 Å². The highest BCUT2D eigenvalue weighted by atomic mass is 32.2. The minimum Gasteiger partial charge on any atom is -0.494 e. The molecule has 4 aromatic rings. The van der Waals surface area contributed by atoms with Crippen molar-refractivity contribution in [3.05, 3.63) is 77.6 Å². The summed E-state index contributed by atoms with van der Waals surface area (Å²) in [6.07, 6.45) is 5.06. The molecule has 0 bridgehead atoms. The number of aliphatic hydroxyl groups excluding tert-OH is 1. The van der Waals surface area contributed by atoms with E-state index in [1.165, 1.54) is 25.0 Å². The van der Waals surface area contributed by atoms with Gasteiger partial charge in [0.15, 0.2) is 0 Å². The number of alkyl carbamates (subject to hydrolysis) is 1. The minimum atomic E-state index is -1.69. The van der Waals surface area contributed by atoms with Crippen molar-refractivity contribution in [2.75, 3.05) is 65.1 Å². The lowest BCUT2D eigenvalue weighted by molar-refractivity contribution is -0.150. The van der Waals surface area contributed by atoms with E-state index < -0.39 is 57.2 Å². The van der Waals surface area contributed by atoms with Crippen molar-refractivity contribution in [1.82, 2.24) is 34.9 Å². The van der Waals surface area contributed by atoms with Crippen LogP contribution in [0, 0.1) is 5.41 Å². The molecular weight excluding hydrogens is 925 g/mol. The Hall–Kier alpha value is -5.11. The zero-order valence-electron chi connectivity index (χ0n) is 43.1. The topological polar surface area (TPSA) is 189 Å². The molecule has 1 saturated carbocycles. The van der Waals surface area contributed by atoms with Crippen molar-refractivity contribution >= 4 is 45.5 Å². The van der Waals surface area contributed by atoms with E-state index in [4.69, 9.17) is 23.9 Å². The molecule has 4 heterocycles. The van der Waals surface area contributed by atoms with Crippen LogP contribution in [0.15, 0.2) is 60.8 Å². The van der Waals surface area contributed by atoms with Crippen LogP contribution in [0.4, 0.5) is 10.5 Å². The number of hydrogen-bond acceptors (Lipinski definition) is 13. The number of benzene rings is 2. The monoisotopic (exact) mass is 1000 g/mol. The first-order chi connectivity index (χ1) is 33.9. The Kier molecular flexibility index (Phi) is 17.9. The number of aliphatic hydroxyl groups is 1. The van der Waals surface area contributed by atoms with E-state index in [0.717, 1.165) is 76.9 Å². The lowest BCUT2D eigenvalue weighted by Crippen LogP contribution is -2.64. The molecule has 2 aromatic heterocycles. The number of aromatic nitrogens is 2. The van der Waals surface area contributed by atoms with Gasteiger partial charge in [0.2, 0.25) is 0 Å². The summed E-state index contributed by atoms with van der Waals surface area (Å²) in [4.78, 5) is 51.0. The zero-order chi connectivity index (χ0) is 51.0. The summed E-state index contributed by atoms with van der Waals surface area (Å²) in [5.74, 6) is -0.495. The lowest BCUT2D eigenvalue weighted by atomic mass is 9.84. The molecule has 2 amide bonds. The number of piperazine rings is 1. The molecule has 2 saturated heterocycles. The number of fused-ring (bicyclic) bond motifs is 1. The second kappa shape index (κ2) is 23.6. The second-order valence-corrected chi connectivity index (χ2v) is 22.8. The molecule has 4 N–H and O–H groups in total. The molecule has 2 aliphatic heterocycles. The van der Waals surface area contributed by atoms with Gasteiger partial charge in [-0.2, -0.15) is 0 Å². The van der Waals surface area contributed by atoms with Crippen LogP contribution < -0.4 is 25.1 Å². The van der Waals surface area contributed by atoms with Crippen molar-refractivity contribution in [2.45, 2.75) is 135 Å². The Morgan fingerprint density at radius 3 is 2.35 bits per heavy atom. The van der Waals surface area contributed by atoms with Gasteiger partial charge in [-0.25, -0.2) is 19.2 Å². The van der Waals surface area contributed by atoms with Crippen LogP contribution in [0.2, 0.25) is 0 Å². The summed E-state index contributed by atoms with van der Waals surface area (Å²) in [6, 6.07) is 15.2. The fourth-order valence-electron chi connectivity index (χ4n) is 9.45. The number of nitrogens with one attached hydrogen (secondary N) is 3. The highest BCUT2D eigenvalue weighted by Crippen LogP contribution is 2.43. The van der Waals surface area contributed by atoms with E-state index in [0.29, 0.717) is 31.6 Å². The molecule has 3 aliphatic rings. The molecule has 3 fully saturated rings. The Morgan fingerprint density at radius 2 is 1.70 bits per heavy atom. The molecule has 388 valence electrons. The van der Waals surface area contributed by atoms with E-state index in [1.54, 1.807) is 7.11 Å². The van der Waals surface area contributed by atoms with Crippen LogP contribution >= 0.6 is 0 Å². The number of rotatable bonds is 21. The van der Waals surface area contributed by atoms with Gasteiger partial charge in [0.05, 0.1) is 64.9 Å². The number of hydrazine groups is 1. The average molecular weight is 1000 g/mol. The van der Waals surface area contributed by atoms with Gasteiger partial charge in [0.25, 0.3) is 5.91 Å². The molecule has 7 rings (SSSR count).